The average Bonchev–Trinajstić information content (AvgIpc) is 3.13. The Morgan fingerprint density at radius 2 is 2.04 bits per heavy atom. The normalized spacial score (nSPS) is 17.6. The van der Waals surface area contributed by atoms with Crippen LogP contribution in [0.4, 0.5) is 5.82 Å². The number of carbonyl (C=O) groups excluding carboxylic acids is 1. The molecule has 1 saturated heterocycles. The molecule has 9 heteroatoms. The minimum absolute atomic E-state index is 0.0166. The van der Waals surface area contributed by atoms with E-state index < -0.39 is 0 Å². The lowest BCUT2D eigenvalue weighted by atomic mass is 10.2. The van der Waals surface area contributed by atoms with Crippen molar-refractivity contribution in [3.05, 3.63) is 23.5 Å². The van der Waals surface area contributed by atoms with Gasteiger partial charge in [0.25, 0.3) is 0 Å². The fourth-order valence-electron chi connectivity index (χ4n) is 3.06. The molecule has 0 bridgehead atoms. The molecule has 1 amide bonds. The highest BCUT2D eigenvalue weighted by Gasteiger charge is 2.26. The lowest BCUT2D eigenvalue weighted by molar-refractivity contribution is -0.117. The molecule has 1 fully saturated rings. The standard InChI is InChI=1S/C16H25N7O2/c1-11-9-14(21(4)19-11)18-15(24)10-22-5-7-23(8-6-22)12(2)16-17-13(3)20-25-16/h9,12H,5-8,10H2,1-4H3,(H,18,24)/t12-/m1/s1. The zero-order chi connectivity index (χ0) is 18.0. The molecule has 2 aromatic rings. The highest BCUT2D eigenvalue weighted by molar-refractivity contribution is 5.91. The third-order valence-corrected chi connectivity index (χ3v) is 4.49. The molecule has 25 heavy (non-hydrogen) atoms. The van der Waals surface area contributed by atoms with Crippen LogP contribution < -0.4 is 5.32 Å². The number of hydrogen-bond acceptors (Lipinski definition) is 7. The van der Waals surface area contributed by atoms with Crippen LogP contribution >= 0.6 is 0 Å². The van der Waals surface area contributed by atoms with E-state index in [4.69, 9.17) is 4.52 Å². The monoisotopic (exact) mass is 347 g/mol. The Balaban J connectivity index is 1.47. The summed E-state index contributed by atoms with van der Waals surface area (Å²) in [7, 11) is 1.82. The average molecular weight is 347 g/mol. The molecule has 3 rings (SSSR count). The number of nitrogens with zero attached hydrogens (tertiary/aromatic N) is 6. The van der Waals surface area contributed by atoms with Crippen molar-refractivity contribution in [3.63, 3.8) is 0 Å². The van der Waals surface area contributed by atoms with Crippen molar-refractivity contribution < 1.29 is 9.32 Å². The number of anilines is 1. The fourth-order valence-corrected chi connectivity index (χ4v) is 3.06. The van der Waals surface area contributed by atoms with Gasteiger partial charge in [0.1, 0.15) is 5.82 Å². The second-order valence-corrected chi connectivity index (χ2v) is 6.51. The Morgan fingerprint density at radius 3 is 2.60 bits per heavy atom. The number of carbonyl (C=O) groups is 1. The number of piperazine rings is 1. The molecule has 9 nitrogen and oxygen atoms in total. The zero-order valence-electron chi connectivity index (χ0n) is 15.2. The van der Waals surface area contributed by atoms with E-state index in [1.54, 1.807) is 4.68 Å². The van der Waals surface area contributed by atoms with E-state index in [1.807, 2.05) is 27.0 Å². The van der Waals surface area contributed by atoms with Gasteiger partial charge in [-0.05, 0) is 20.8 Å². The summed E-state index contributed by atoms with van der Waals surface area (Å²) in [5, 5.41) is 11.0. The van der Waals surface area contributed by atoms with Gasteiger partial charge in [0.05, 0.1) is 18.3 Å². The van der Waals surface area contributed by atoms with E-state index in [1.165, 1.54) is 0 Å². The molecule has 3 heterocycles. The van der Waals surface area contributed by atoms with Crippen molar-refractivity contribution in [1.82, 2.24) is 29.7 Å². The molecule has 0 saturated carbocycles. The lowest BCUT2D eigenvalue weighted by Gasteiger charge is -2.36. The van der Waals surface area contributed by atoms with Gasteiger partial charge in [-0.15, -0.1) is 0 Å². The van der Waals surface area contributed by atoms with Gasteiger partial charge in [0.15, 0.2) is 5.82 Å². The molecular formula is C16H25N7O2. The van der Waals surface area contributed by atoms with Gasteiger partial charge in [-0.2, -0.15) is 10.1 Å². The summed E-state index contributed by atoms with van der Waals surface area (Å²) < 4.78 is 6.94. The van der Waals surface area contributed by atoms with Crippen LogP contribution in [0.1, 0.15) is 30.4 Å². The Kier molecular flexibility index (Phi) is 5.14. The molecule has 1 aliphatic heterocycles. The first kappa shape index (κ1) is 17.6. The summed E-state index contributed by atoms with van der Waals surface area (Å²) in [4.78, 5) is 21.0. The van der Waals surface area contributed by atoms with Gasteiger partial charge in [-0.25, -0.2) is 0 Å². The van der Waals surface area contributed by atoms with E-state index >= 15 is 0 Å². The molecule has 2 aromatic heterocycles. The van der Waals surface area contributed by atoms with Crippen LogP contribution in [0.5, 0.6) is 0 Å². The van der Waals surface area contributed by atoms with E-state index in [9.17, 15) is 4.79 Å². The molecule has 0 aromatic carbocycles. The number of rotatable bonds is 5. The van der Waals surface area contributed by atoms with Gasteiger partial charge >= 0.3 is 0 Å². The Labute approximate surface area is 147 Å². The van der Waals surface area contributed by atoms with Crippen molar-refractivity contribution in [3.8, 4) is 0 Å². The third-order valence-electron chi connectivity index (χ3n) is 4.49. The second-order valence-electron chi connectivity index (χ2n) is 6.51. The molecule has 1 atom stereocenters. The predicted octanol–water partition coefficient (Wildman–Crippen LogP) is 0.737. The highest BCUT2D eigenvalue weighted by Crippen LogP contribution is 2.20. The Morgan fingerprint density at radius 1 is 1.32 bits per heavy atom. The van der Waals surface area contributed by atoms with Crippen LogP contribution in [0.15, 0.2) is 10.6 Å². The summed E-state index contributed by atoms with van der Waals surface area (Å²) in [5.74, 6) is 2.01. The second kappa shape index (κ2) is 7.32. The summed E-state index contributed by atoms with van der Waals surface area (Å²) in [6.07, 6.45) is 0. The molecule has 136 valence electrons. The predicted molar refractivity (Wildman–Crippen MR) is 92.0 cm³/mol. The van der Waals surface area contributed by atoms with Crippen LogP contribution in [-0.4, -0.2) is 68.4 Å². The third kappa shape index (κ3) is 4.23. The van der Waals surface area contributed by atoms with Crippen molar-refractivity contribution >= 4 is 11.7 Å². The maximum absolute atomic E-state index is 12.2. The first-order valence-corrected chi connectivity index (χ1v) is 8.49. The molecule has 0 unspecified atom stereocenters. The van der Waals surface area contributed by atoms with Crippen LogP contribution in [0.3, 0.4) is 0 Å². The van der Waals surface area contributed by atoms with Gasteiger partial charge < -0.3 is 9.84 Å². The van der Waals surface area contributed by atoms with E-state index in [-0.39, 0.29) is 11.9 Å². The van der Waals surface area contributed by atoms with E-state index in [0.29, 0.717) is 18.3 Å². The number of hydrogen-bond donors (Lipinski definition) is 1. The number of aromatic nitrogens is 4. The largest absolute Gasteiger partial charge is 0.338 e. The molecule has 0 spiro atoms. The molecule has 0 radical (unpaired) electrons. The summed E-state index contributed by atoms with van der Waals surface area (Å²) >= 11 is 0. The van der Waals surface area contributed by atoms with Crippen molar-refractivity contribution in [1.29, 1.82) is 0 Å². The summed E-state index contributed by atoms with van der Waals surface area (Å²) in [5.41, 5.74) is 0.886. The Hall–Kier alpha value is -2.26. The maximum Gasteiger partial charge on any atom is 0.243 e. The first-order valence-electron chi connectivity index (χ1n) is 8.49. The molecule has 1 aliphatic rings. The zero-order valence-corrected chi connectivity index (χ0v) is 15.2. The summed E-state index contributed by atoms with van der Waals surface area (Å²) in [6, 6.07) is 1.96. The minimum Gasteiger partial charge on any atom is -0.338 e. The van der Waals surface area contributed by atoms with Crippen LogP contribution in [0, 0.1) is 13.8 Å². The van der Waals surface area contributed by atoms with Crippen molar-refractivity contribution in [2.24, 2.45) is 7.05 Å². The van der Waals surface area contributed by atoms with E-state index in [2.05, 4.69) is 37.3 Å². The number of nitrogens with one attached hydrogen (secondary N) is 1. The topological polar surface area (TPSA) is 92.3 Å². The molecule has 1 N–H and O–H groups in total. The van der Waals surface area contributed by atoms with Crippen LogP contribution in [0.25, 0.3) is 0 Å². The van der Waals surface area contributed by atoms with Gasteiger partial charge in [-0.3, -0.25) is 19.3 Å². The number of amides is 1. The quantitative estimate of drug-likeness (QED) is 0.852. The SMILES string of the molecule is Cc1cc(NC(=O)CN2CCN([C@H](C)c3nc(C)no3)CC2)n(C)n1. The molecule has 0 aliphatic carbocycles. The Bertz CT molecular complexity index is 731. The van der Waals surface area contributed by atoms with Crippen LogP contribution in [-0.2, 0) is 11.8 Å². The maximum atomic E-state index is 12.2. The van der Waals surface area contributed by atoms with Crippen molar-refractivity contribution in [2.45, 2.75) is 26.8 Å². The highest BCUT2D eigenvalue weighted by atomic mass is 16.5. The lowest BCUT2D eigenvalue weighted by Crippen LogP contribution is -2.49. The van der Waals surface area contributed by atoms with Crippen LogP contribution in [0.2, 0.25) is 0 Å². The van der Waals surface area contributed by atoms with Gasteiger partial charge in [-0.1, -0.05) is 5.16 Å². The first-order chi connectivity index (χ1) is 11.9. The fraction of sp³-hybridized carbons (Fsp3) is 0.625. The van der Waals surface area contributed by atoms with Gasteiger partial charge in [0, 0.05) is 39.3 Å². The smallest absolute Gasteiger partial charge is 0.243 e. The van der Waals surface area contributed by atoms with Crippen molar-refractivity contribution in [2.75, 3.05) is 38.0 Å². The minimum atomic E-state index is -0.0166. The van der Waals surface area contributed by atoms with E-state index in [0.717, 1.165) is 37.7 Å². The molecular weight excluding hydrogens is 322 g/mol. The van der Waals surface area contributed by atoms with Gasteiger partial charge in [0.2, 0.25) is 11.8 Å². The number of aryl methyl sites for hydroxylation is 3. The summed E-state index contributed by atoms with van der Waals surface area (Å²) in [6.45, 7) is 9.55.